The molecule has 104 valence electrons. The highest BCUT2D eigenvalue weighted by Gasteiger charge is 2.45. The van der Waals surface area contributed by atoms with Gasteiger partial charge in [0.25, 0.3) is 0 Å². The van der Waals surface area contributed by atoms with E-state index in [0.717, 1.165) is 24.8 Å². The second-order valence-corrected chi connectivity index (χ2v) is 6.28. The summed E-state index contributed by atoms with van der Waals surface area (Å²) in [5, 5.41) is 0. The fourth-order valence-corrected chi connectivity index (χ4v) is 3.74. The van der Waals surface area contributed by atoms with Gasteiger partial charge in [-0.25, -0.2) is 0 Å². The molecule has 1 fully saturated rings. The molecular weight excluding hydrogens is 222 g/mol. The smallest absolute Gasteiger partial charge is 0.192 e. The summed E-state index contributed by atoms with van der Waals surface area (Å²) in [4.78, 5) is 7.10. The summed E-state index contributed by atoms with van der Waals surface area (Å²) in [6.45, 7) is 7.86. The zero-order valence-electron chi connectivity index (χ0n) is 12.3. The molecule has 18 heavy (non-hydrogen) atoms. The van der Waals surface area contributed by atoms with E-state index >= 15 is 0 Å². The van der Waals surface area contributed by atoms with Crippen LogP contribution in [-0.2, 0) is 0 Å². The molecule has 3 heteroatoms. The van der Waals surface area contributed by atoms with Crippen LogP contribution < -0.4 is 5.73 Å². The summed E-state index contributed by atoms with van der Waals surface area (Å²) in [5.74, 6) is 1.57. The van der Waals surface area contributed by atoms with Crippen LogP contribution in [0.1, 0.15) is 65.7 Å². The van der Waals surface area contributed by atoms with E-state index in [1.54, 1.807) is 0 Å². The standard InChI is InChI=1S/C15H29N3/c1-4-12(3)10-15(5-2)11-17-14(16)18(15)13-8-6-7-9-13/h12-13H,4-11H2,1-3H3,(H2,16,17). The lowest BCUT2D eigenvalue weighted by Gasteiger charge is -2.44. The first-order valence-electron chi connectivity index (χ1n) is 7.72. The van der Waals surface area contributed by atoms with Gasteiger partial charge in [0.2, 0.25) is 0 Å². The van der Waals surface area contributed by atoms with Crippen molar-refractivity contribution >= 4 is 5.96 Å². The zero-order valence-corrected chi connectivity index (χ0v) is 12.3. The highest BCUT2D eigenvalue weighted by molar-refractivity contribution is 5.81. The molecule has 0 aromatic rings. The Morgan fingerprint density at radius 2 is 2.06 bits per heavy atom. The predicted molar refractivity (Wildman–Crippen MR) is 77.7 cm³/mol. The summed E-state index contributed by atoms with van der Waals surface area (Å²) in [7, 11) is 0. The quantitative estimate of drug-likeness (QED) is 0.815. The van der Waals surface area contributed by atoms with Crippen molar-refractivity contribution in [1.82, 2.24) is 4.90 Å². The average Bonchev–Trinajstić information content (AvgIpc) is 2.98. The molecule has 2 N–H and O–H groups in total. The van der Waals surface area contributed by atoms with Crippen LogP contribution in [0.25, 0.3) is 0 Å². The van der Waals surface area contributed by atoms with Crippen LogP contribution in [0.3, 0.4) is 0 Å². The fourth-order valence-electron chi connectivity index (χ4n) is 3.74. The maximum Gasteiger partial charge on any atom is 0.192 e. The van der Waals surface area contributed by atoms with Gasteiger partial charge in [0.05, 0.1) is 12.1 Å². The summed E-state index contributed by atoms with van der Waals surface area (Å²) in [5.41, 5.74) is 6.42. The first kappa shape index (κ1) is 13.7. The molecule has 0 bridgehead atoms. The van der Waals surface area contributed by atoms with E-state index in [4.69, 9.17) is 5.73 Å². The third-order valence-corrected chi connectivity index (χ3v) is 5.07. The van der Waals surface area contributed by atoms with E-state index in [2.05, 4.69) is 30.7 Å². The molecule has 2 unspecified atom stereocenters. The Hall–Kier alpha value is -0.730. The van der Waals surface area contributed by atoms with Gasteiger partial charge in [-0.3, -0.25) is 4.99 Å². The van der Waals surface area contributed by atoms with Crippen molar-refractivity contribution in [1.29, 1.82) is 0 Å². The number of hydrogen-bond acceptors (Lipinski definition) is 3. The molecule has 1 heterocycles. The summed E-state index contributed by atoms with van der Waals surface area (Å²) < 4.78 is 0. The summed E-state index contributed by atoms with van der Waals surface area (Å²) in [6.07, 6.45) is 8.98. The number of nitrogens with zero attached hydrogens (tertiary/aromatic N) is 2. The second-order valence-electron chi connectivity index (χ2n) is 6.28. The van der Waals surface area contributed by atoms with Crippen molar-refractivity contribution in [3.8, 4) is 0 Å². The van der Waals surface area contributed by atoms with Gasteiger partial charge in [-0.2, -0.15) is 0 Å². The Morgan fingerprint density at radius 3 is 2.61 bits per heavy atom. The Kier molecular flexibility index (Phi) is 4.18. The van der Waals surface area contributed by atoms with Crippen LogP contribution in [0.4, 0.5) is 0 Å². The van der Waals surface area contributed by atoms with Crippen molar-refractivity contribution in [2.75, 3.05) is 6.54 Å². The molecule has 2 rings (SSSR count). The third kappa shape index (κ3) is 2.36. The highest BCUT2D eigenvalue weighted by atomic mass is 15.4. The Morgan fingerprint density at radius 1 is 1.39 bits per heavy atom. The summed E-state index contributed by atoms with van der Waals surface area (Å²) >= 11 is 0. The van der Waals surface area contributed by atoms with E-state index in [1.807, 2.05) is 0 Å². The molecule has 0 radical (unpaired) electrons. The minimum absolute atomic E-state index is 0.217. The maximum atomic E-state index is 6.20. The van der Waals surface area contributed by atoms with Crippen LogP contribution >= 0.6 is 0 Å². The lowest BCUT2D eigenvalue weighted by Crippen LogP contribution is -2.56. The highest BCUT2D eigenvalue weighted by Crippen LogP contribution is 2.38. The number of rotatable bonds is 5. The molecular formula is C15H29N3. The molecule has 2 aliphatic rings. The molecule has 1 saturated carbocycles. The average molecular weight is 251 g/mol. The van der Waals surface area contributed by atoms with Gasteiger partial charge in [-0.15, -0.1) is 0 Å². The first-order valence-corrected chi connectivity index (χ1v) is 7.72. The van der Waals surface area contributed by atoms with E-state index in [-0.39, 0.29) is 5.54 Å². The number of aliphatic imine (C=N–C) groups is 1. The lowest BCUT2D eigenvalue weighted by molar-refractivity contribution is 0.114. The SMILES string of the molecule is CCC(C)CC1(CC)CN=C(N)N1C1CCCC1. The van der Waals surface area contributed by atoms with E-state index in [9.17, 15) is 0 Å². The van der Waals surface area contributed by atoms with Crippen LogP contribution in [0.2, 0.25) is 0 Å². The number of nitrogens with two attached hydrogens (primary N) is 1. The van der Waals surface area contributed by atoms with Crippen molar-refractivity contribution in [3.05, 3.63) is 0 Å². The van der Waals surface area contributed by atoms with Gasteiger partial charge >= 0.3 is 0 Å². The molecule has 0 saturated heterocycles. The van der Waals surface area contributed by atoms with Crippen molar-refractivity contribution in [2.45, 2.75) is 77.3 Å². The Balaban J connectivity index is 2.17. The van der Waals surface area contributed by atoms with Crippen molar-refractivity contribution < 1.29 is 0 Å². The molecule has 0 spiro atoms. The van der Waals surface area contributed by atoms with Crippen LogP contribution in [0.5, 0.6) is 0 Å². The monoisotopic (exact) mass is 251 g/mol. The molecule has 0 amide bonds. The van der Waals surface area contributed by atoms with Crippen molar-refractivity contribution in [3.63, 3.8) is 0 Å². The van der Waals surface area contributed by atoms with Gasteiger partial charge < -0.3 is 10.6 Å². The minimum Gasteiger partial charge on any atom is -0.370 e. The van der Waals surface area contributed by atoms with Crippen LogP contribution in [-0.4, -0.2) is 29.0 Å². The number of guanidine groups is 1. The molecule has 2 atom stereocenters. The van der Waals surface area contributed by atoms with E-state index < -0.39 is 0 Å². The molecule has 0 aromatic carbocycles. The first-order chi connectivity index (χ1) is 8.63. The minimum atomic E-state index is 0.217. The van der Waals surface area contributed by atoms with E-state index in [0.29, 0.717) is 6.04 Å². The van der Waals surface area contributed by atoms with Crippen LogP contribution in [0, 0.1) is 5.92 Å². The van der Waals surface area contributed by atoms with Crippen LogP contribution in [0.15, 0.2) is 4.99 Å². The topological polar surface area (TPSA) is 41.6 Å². The fraction of sp³-hybridized carbons (Fsp3) is 0.933. The molecule has 1 aliphatic carbocycles. The summed E-state index contributed by atoms with van der Waals surface area (Å²) in [6, 6.07) is 0.653. The van der Waals surface area contributed by atoms with E-state index in [1.165, 1.54) is 38.5 Å². The molecule has 3 nitrogen and oxygen atoms in total. The van der Waals surface area contributed by atoms with Gasteiger partial charge in [0, 0.05) is 6.04 Å². The molecule has 0 aromatic heterocycles. The Bertz CT molecular complexity index is 307. The van der Waals surface area contributed by atoms with Gasteiger partial charge in [-0.05, 0) is 31.6 Å². The lowest BCUT2D eigenvalue weighted by atomic mass is 9.83. The second kappa shape index (κ2) is 5.50. The van der Waals surface area contributed by atoms with Gasteiger partial charge in [-0.1, -0.05) is 40.0 Å². The zero-order chi connectivity index (χ0) is 13.2. The number of hydrogen-bond donors (Lipinski definition) is 1. The normalized spacial score (nSPS) is 30.8. The third-order valence-electron chi connectivity index (χ3n) is 5.07. The Labute approximate surface area is 112 Å². The predicted octanol–water partition coefficient (Wildman–Crippen LogP) is 3.14. The molecule has 1 aliphatic heterocycles. The largest absolute Gasteiger partial charge is 0.370 e. The van der Waals surface area contributed by atoms with Gasteiger partial charge in [0.1, 0.15) is 0 Å². The maximum absolute atomic E-state index is 6.20. The van der Waals surface area contributed by atoms with Gasteiger partial charge in [0.15, 0.2) is 5.96 Å². The van der Waals surface area contributed by atoms with Crippen molar-refractivity contribution in [2.24, 2.45) is 16.6 Å².